The van der Waals surface area contributed by atoms with Gasteiger partial charge in [0.15, 0.2) is 11.0 Å². The highest BCUT2D eigenvalue weighted by Gasteiger charge is 2.27. The molecule has 0 saturated carbocycles. The minimum Gasteiger partial charge on any atom is -0.497 e. The number of ether oxygens (including phenoxy) is 3. The van der Waals surface area contributed by atoms with Crippen molar-refractivity contribution in [2.45, 2.75) is 30.7 Å². The van der Waals surface area contributed by atoms with Crippen LogP contribution in [0.2, 0.25) is 0 Å². The van der Waals surface area contributed by atoms with E-state index in [4.69, 9.17) is 14.2 Å². The fourth-order valence-electron chi connectivity index (χ4n) is 3.63. The predicted molar refractivity (Wildman–Crippen MR) is 128 cm³/mol. The van der Waals surface area contributed by atoms with Gasteiger partial charge in [0.05, 0.1) is 26.5 Å². The van der Waals surface area contributed by atoms with Gasteiger partial charge < -0.3 is 19.2 Å². The molecule has 4 aromatic rings. The fourth-order valence-corrected chi connectivity index (χ4v) is 4.59. The number of carbonyl (C=O) groups excluding carboxylic acids is 1. The van der Waals surface area contributed by atoms with Crippen LogP contribution in [0.15, 0.2) is 53.8 Å². The highest BCUT2D eigenvalue weighted by molar-refractivity contribution is 8.00. The summed E-state index contributed by atoms with van der Waals surface area (Å²) in [4.78, 5) is 15.8. The Morgan fingerprint density at radius 1 is 1.12 bits per heavy atom. The zero-order valence-electron chi connectivity index (χ0n) is 19.0. The molecule has 33 heavy (non-hydrogen) atoms. The molecule has 1 N–H and O–H groups in total. The first kappa shape index (κ1) is 22.7. The zero-order chi connectivity index (χ0) is 23.4. The van der Waals surface area contributed by atoms with Gasteiger partial charge in [-0.1, -0.05) is 36.9 Å². The Bertz CT molecular complexity index is 1270. The number of thioether (sulfide) groups is 1. The Balaban J connectivity index is 1.92. The maximum Gasteiger partial charge on any atom is 0.319 e. The molecule has 0 amide bonds. The van der Waals surface area contributed by atoms with E-state index in [0.29, 0.717) is 41.2 Å². The van der Waals surface area contributed by atoms with Crippen LogP contribution < -0.4 is 9.47 Å². The van der Waals surface area contributed by atoms with E-state index in [1.54, 1.807) is 21.1 Å². The molecule has 2 heterocycles. The highest BCUT2D eigenvalue weighted by atomic mass is 32.2. The lowest BCUT2D eigenvalue weighted by molar-refractivity contribution is -0.142. The molecule has 2 aromatic heterocycles. The minimum atomic E-state index is -0.416. The van der Waals surface area contributed by atoms with Crippen LogP contribution in [-0.4, -0.2) is 51.8 Å². The molecule has 0 radical (unpaired) electrons. The van der Waals surface area contributed by atoms with E-state index in [9.17, 15) is 4.79 Å². The molecule has 4 rings (SSSR count). The topological polar surface area (TPSA) is 91.3 Å². The molecule has 1 atom stereocenters. The average molecular weight is 467 g/mol. The van der Waals surface area contributed by atoms with Crippen molar-refractivity contribution < 1.29 is 19.0 Å². The smallest absolute Gasteiger partial charge is 0.319 e. The Kier molecular flexibility index (Phi) is 6.88. The van der Waals surface area contributed by atoms with Gasteiger partial charge >= 0.3 is 5.97 Å². The number of hydrogen-bond acceptors (Lipinski definition) is 7. The van der Waals surface area contributed by atoms with Crippen LogP contribution in [0.5, 0.6) is 11.5 Å². The van der Waals surface area contributed by atoms with Crippen molar-refractivity contribution in [2.24, 2.45) is 0 Å². The Morgan fingerprint density at radius 2 is 1.94 bits per heavy atom. The normalized spacial score (nSPS) is 12.0. The number of esters is 1. The molecule has 0 spiro atoms. The van der Waals surface area contributed by atoms with E-state index in [-0.39, 0.29) is 5.97 Å². The van der Waals surface area contributed by atoms with Gasteiger partial charge in [-0.2, -0.15) is 0 Å². The minimum absolute atomic E-state index is 0.272. The van der Waals surface area contributed by atoms with Crippen molar-refractivity contribution >= 4 is 28.6 Å². The SMILES string of the molecule is CCOC(=O)[C@H](CC)Sc1nnc(-c2c[nH]c3ccccc23)n1-c1cc(OC)ccc1OC. The van der Waals surface area contributed by atoms with E-state index >= 15 is 0 Å². The lowest BCUT2D eigenvalue weighted by Gasteiger charge is -2.17. The molecule has 0 aliphatic heterocycles. The summed E-state index contributed by atoms with van der Waals surface area (Å²) in [6.45, 7) is 4.07. The summed E-state index contributed by atoms with van der Waals surface area (Å²) in [6.07, 6.45) is 2.50. The van der Waals surface area contributed by atoms with Crippen molar-refractivity contribution in [3.63, 3.8) is 0 Å². The van der Waals surface area contributed by atoms with Crippen LogP contribution in [0.1, 0.15) is 20.3 Å². The van der Waals surface area contributed by atoms with Gasteiger partial charge in [-0.05, 0) is 31.5 Å². The molecular weight excluding hydrogens is 440 g/mol. The van der Waals surface area contributed by atoms with Crippen molar-refractivity contribution in [1.29, 1.82) is 0 Å². The fraction of sp³-hybridized carbons (Fsp3) is 0.292. The number of aromatic nitrogens is 4. The summed E-state index contributed by atoms with van der Waals surface area (Å²) in [6, 6.07) is 13.5. The second kappa shape index (κ2) is 9.99. The second-order valence-electron chi connectivity index (χ2n) is 7.19. The molecule has 172 valence electrons. The summed E-state index contributed by atoms with van der Waals surface area (Å²) in [7, 11) is 3.23. The third-order valence-corrected chi connectivity index (χ3v) is 6.54. The van der Waals surface area contributed by atoms with E-state index in [1.807, 2.05) is 60.2 Å². The van der Waals surface area contributed by atoms with Crippen LogP contribution in [0.3, 0.4) is 0 Å². The number of methoxy groups -OCH3 is 2. The number of rotatable bonds is 9. The standard InChI is InChI=1S/C24H26N4O4S/c1-5-21(23(29)32-6-2)33-24-27-26-22(17-14-25-18-10-8-7-9-16(17)18)28(24)19-13-15(30-3)11-12-20(19)31-4/h7-14,21,25H,5-6H2,1-4H3/t21-/m0/s1. The summed E-state index contributed by atoms with van der Waals surface area (Å²) >= 11 is 1.32. The Hall–Kier alpha value is -3.46. The quantitative estimate of drug-likeness (QED) is 0.278. The first-order valence-corrected chi connectivity index (χ1v) is 11.6. The maximum atomic E-state index is 12.5. The summed E-state index contributed by atoms with van der Waals surface area (Å²) in [5.74, 6) is 1.64. The Morgan fingerprint density at radius 3 is 2.67 bits per heavy atom. The highest BCUT2D eigenvalue weighted by Crippen LogP contribution is 2.38. The number of hydrogen-bond donors (Lipinski definition) is 1. The molecule has 0 unspecified atom stereocenters. The molecule has 0 aliphatic carbocycles. The third-order valence-electron chi connectivity index (χ3n) is 5.26. The molecule has 0 aliphatic rings. The number of fused-ring (bicyclic) bond motifs is 1. The molecule has 0 bridgehead atoms. The molecular formula is C24H26N4O4S. The molecule has 8 nitrogen and oxygen atoms in total. The monoisotopic (exact) mass is 466 g/mol. The molecule has 2 aromatic carbocycles. The third kappa shape index (κ3) is 4.41. The van der Waals surface area contributed by atoms with E-state index < -0.39 is 5.25 Å². The van der Waals surface area contributed by atoms with Gasteiger partial charge in [-0.25, -0.2) is 0 Å². The van der Waals surface area contributed by atoms with Gasteiger partial charge in [0.1, 0.15) is 16.7 Å². The van der Waals surface area contributed by atoms with Gasteiger partial charge in [0.25, 0.3) is 0 Å². The van der Waals surface area contributed by atoms with Crippen LogP contribution in [0, 0.1) is 0 Å². The van der Waals surface area contributed by atoms with Crippen LogP contribution in [0.4, 0.5) is 0 Å². The number of para-hydroxylation sites is 1. The average Bonchev–Trinajstić information content (AvgIpc) is 3.45. The van der Waals surface area contributed by atoms with Gasteiger partial charge in [0, 0.05) is 28.7 Å². The number of H-pyrrole nitrogens is 1. The van der Waals surface area contributed by atoms with E-state index in [2.05, 4.69) is 15.2 Å². The first-order valence-electron chi connectivity index (χ1n) is 10.7. The van der Waals surface area contributed by atoms with Crippen molar-refractivity contribution in [2.75, 3.05) is 20.8 Å². The number of nitrogens with one attached hydrogen (secondary N) is 1. The van der Waals surface area contributed by atoms with Crippen molar-refractivity contribution in [3.8, 4) is 28.6 Å². The van der Waals surface area contributed by atoms with Crippen LogP contribution >= 0.6 is 11.8 Å². The van der Waals surface area contributed by atoms with Crippen LogP contribution in [-0.2, 0) is 9.53 Å². The lowest BCUT2D eigenvalue weighted by atomic mass is 10.1. The molecule has 9 heteroatoms. The Labute approximate surface area is 196 Å². The number of benzene rings is 2. The summed E-state index contributed by atoms with van der Waals surface area (Å²) < 4.78 is 18.3. The van der Waals surface area contributed by atoms with E-state index in [0.717, 1.165) is 16.5 Å². The number of carbonyl (C=O) groups is 1. The largest absolute Gasteiger partial charge is 0.497 e. The maximum absolute atomic E-state index is 12.5. The lowest BCUT2D eigenvalue weighted by Crippen LogP contribution is -2.20. The molecule has 0 fully saturated rings. The van der Waals surface area contributed by atoms with Gasteiger partial charge in [-0.15, -0.1) is 10.2 Å². The summed E-state index contributed by atoms with van der Waals surface area (Å²) in [5, 5.41) is 10.2. The number of aromatic amines is 1. The van der Waals surface area contributed by atoms with Crippen molar-refractivity contribution in [1.82, 2.24) is 19.7 Å². The van der Waals surface area contributed by atoms with E-state index in [1.165, 1.54) is 11.8 Å². The second-order valence-corrected chi connectivity index (χ2v) is 8.36. The van der Waals surface area contributed by atoms with Gasteiger partial charge in [-0.3, -0.25) is 9.36 Å². The molecule has 0 saturated heterocycles. The predicted octanol–water partition coefficient (Wildman–Crippen LogP) is 4.87. The summed E-state index contributed by atoms with van der Waals surface area (Å²) in [5.41, 5.74) is 2.59. The van der Waals surface area contributed by atoms with Crippen molar-refractivity contribution in [3.05, 3.63) is 48.7 Å². The first-order chi connectivity index (χ1) is 16.1. The number of nitrogens with zero attached hydrogens (tertiary/aromatic N) is 3. The van der Waals surface area contributed by atoms with Gasteiger partial charge in [0.2, 0.25) is 0 Å². The van der Waals surface area contributed by atoms with Crippen LogP contribution in [0.25, 0.3) is 28.0 Å². The zero-order valence-corrected chi connectivity index (χ0v) is 19.8.